The first-order valence-electron chi connectivity index (χ1n) is 4.33. The van der Waals surface area contributed by atoms with E-state index in [9.17, 15) is 0 Å². The summed E-state index contributed by atoms with van der Waals surface area (Å²) in [7, 11) is 1.58. The molecule has 0 aromatic carbocycles. The van der Waals surface area contributed by atoms with Crippen LogP contribution >= 0.6 is 22.5 Å². The normalized spacial score (nSPS) is 11.1. The highest BCUT2D eigenvalue weighted by Crippen LogP contribution is 2.06. The van der Waals surface area contributed by atoms with Crippen LogP contribution in [0.2, 0.25) is 0 Å². The zero-order valence-electron chi connectivity index (χ0n) is 7.25. The van der Waals surface area contributed by atoms with E-state index < -0.39 is 0 Å². The van der Waals surface area contributed by atoms with Gasteiger partial charge in [-0.3, -0.25) is 0 Å². The molecule has 0 aliphatic rings. The average Bonchev–Trinajstić information content (AvgIpc) is 2.03. The van der Waals surface area contributed by atoms with Crippen LogP contribution in [0.3, 0.4) is 0 Å². The Morgan fingerprint density at radius 2 is 2.00 bits per heavy atom. The molecule has 0 aliphatic carbocycles. The molecule has 0 heterocycles. The van der Waals surface area contributed by atoms with E-state index in [1.807, 2.05) is 0 Å². The molecule has 0 aromatic heterocycles. The Bertz CT molecular complexity index is 89.6. The van der Waals surface area contributed by atoms with Gasteiger partial charge < -0.3 is 0 Å². The molecule has 11 heavy (non-hydrogen) atoms. The average molecular weight is 190 g/mol. The number of thiol groups is 1. The fraction of sp³-hybridized carbons (Fsp3) is 0.778. The van der Waals surface area contributed by atoms with Crippen LogP contribution in [0.4, 0.5) is 0 Å². The van der Waals surface area contributed by atoms with Crippen LogP contribution in [0.5, 0.6) is 0 Å². The molecule has 2 heteroatoms. The molecule has 0 atom stereocenters. The summed E-state index contributed by atoms with van der Waals surface area (Å²) in [5.74, 6) is 1.04. The number of hydrogen-bond acceptors (Lipinski definition) is 2. The van der Waals surface area contributed by atoms with Crippen LogP contribution in [-0.2, 0) is 0 Å². The highest BCUT2D eigenvalue weighted by atomic mass is 33.1. The second-order valence-corrected chi connectivity index (χ2v) is 3.98. The van der Waals surface area contributed by atoms with Gasteiger partial charge in [0.1, 0.15) is 0 Å². The number of unbranched alkanes of at least 4 members (excludes halogenated alkanes) is 4. The molecule has 0 saturated carbocycles. The standard InChI is InChI=1S/C9H18S2/c1-2-3-4-5-6-7-8-9-11-10/h7-8,10H,2-6,9H2,1H3/b8-7+. The lowest BCUT2D eigenvalue weighted by atomic mass is 10.1. The van der Waals surface area contributed by atoms with E-state index in [4.69, 9.17) is 0 Å². The minimum Gasteiger partial charge on any atom is -0.111 e. The molecule has 0 aromatic rings. The largest absolute Gasteiger partial charge is 0.111 e. The third-order valence-electron chi connectivity index (χ3n) is 1.56. The number of hydrogen-bond donors (Lipinski definition) is 1. The lowest BCUT2D eigenvalue weighted by Gasteiger charge is -1.93. The summed E-state index contributed by atoms with van der Waals surface area (Å²) in [6.07, 6.45) is 11.2. The van der Waals surface area contributed by atoms with Crippen LogP contribution in [0, 0.1) is 0 Å². The zero-order chi connectivity index (χ0) is 8.36. The summed E-state index contributed by atoms with van der Waals surface area (Å²) >= 11 is 4.04. The van der Waals surface area contributed by atoms with Gasteiger partial charge in [0.25, 0.3) is 0 Å². The predicted molar refractivity (Wildman–Crippen MR) is 59.3 cm³/mol. The topological polar surface area (TPSA) is 0 Å². The van der Waals surface area contributed by atoms with Gasteiger partial charge in [-0.1, -0.05) is 49.1 Å². The highest BCUT2D eigenvalue weighted by molar-refractivity contribution is 8.68. The monoisotopic (exact) mass is 190 g/mol. The molecule has 0 aliphatic heterocycles. The van der Waals surface area contributed by atoms with Gasteiger partial charge in [-0.25, -0.2) is 0 Å². The Kier molecular flexibility index (Phi) is 10.9. The van der Waals surface area contributed by atoms with Gasteiger partial charge in [-0.2, -0.15) is 0 Å². The summed E-state index contributed by atoms with van der Waals surface area (Å²) in [6, 6.07) is 0. The van der Waals surface area contributed by atoms with Crippen LogP contribution in [0.15, 0.2) is 12.2 Å². The molecule has 0 amide bonds. The fourth-order valence-electron chi connectivity index (χ4n) is 0.918. The Morgan fingerprint density at radius 3 is 2.64 bits per heavy atom. The SMILES string of the molecule is CCCCCC/C=C/CSS. The summed E-state index contributed by atoms with van der Waals surface area (Å²) in [6.45, 7) is 2.24. The van der Waals surface area contributed by atoms with Crippen molar-refractivity contribution in [1.29, 1.82) is 0 Å². The molecule has 0 unspecified atom stereocenters. The molecule has 66 valence electrons. The van der Waals surface area contributed by atoms with Crippen molar-refractivity contribution in [3.8, 4) is 0 Å². The van der Waals surface area contributed by atoms with E-state index in [-0.39, 0.29) is 0 Å². The van der Waals surface area contributed by atoms with Crippen molar-refractivity contribution >= 4 is 22.5 Å². The van der Waals surface area contributed by atoms with Crippen molar-refractivity contribution in [3.05, 3.63) is 12.2 Å². The number of rotatable bonds is 7. The van der Waals surface area contributed by atoms with Crippen molar-refractivity contribution in [3.63, 3.8) is 0 Å². The third-order valence-corrected chi connectivity index (χ3v) is 2.35. The molecule has 0 saturated heterocycles. The summed E-state index contributed by atoms with van der Waals surface area (Å²) in [4.78, 5) is 0. The molecular weight excluding hydrogens is 172 g/mol. The Balaban J connectivity index is 2.89. The Labute approximate surface area is 79.6 Å². The fourth-order valence-corrected chi connectivity index (χ4v) is 1.40. The lowest BCUT2D eigenvalue weighted by molar-refractivity contribution is 0.674. The Morgan fingerprint density at radius 1 is 1.18 bits per heavy atom. The van der Waals surface area contributed by atoms with Crippen molar-refractivity contribution in [1.82, 2.24) is 0 Å². The quantitative estimate of drug-likeness (QED) is 0.273. The molecule has 0 bridgehead atoms. The van der Waals surface area contributed by atoms with E-state index in [0.717, 1.165) is 5.75 Å². The van der Waals surface area contributed by atoms with Crippen LogP contribution in [0.1, 0.15) is 39.0 Å². The minimum atomic E-state index is 1.04. The summed E-state index contributed by atoms with van der Waals surface area (Å²) in [5.41, 5.74) is 0. The van der Waals surface area contributed by atoms with E-state index in [0.29, 0.717) is 0 Å². The van der Waals surface area contributed by atoms with Crippen molar-refractivity contribution in [2.75, 3.05) is 5.75 Å². The van der Waals surface area contributed by atoms with Crippen LogP contribution in [-0.4, -0.2) is 5.75 Å². The smallest absolute Gasteiger partial charge is 0.0215 e. The second kappa shape index (κ2) is 10.4. The van der Waals surface area contributed by atoms with Gasteiger partial charge in [0, 0.05) is 5.75 Å². The van der Waals surface area contributed by atoms with Gasteiger partial charge >= 0.3 is 0 Å². The van der Waals surface area contributed by atoms with Crippen LogP contribution in [0.25, 0.3) is 0 Å². The molecular formula is C9H18S2. The van der Waals surface area contributed by atoms with Gasteiger partial charge in [0.05, 0.1) is 0 Å². The molecule has 0 radical (unpaired) electrons. The van der Waals surface area contributed by atoms with E-state index >= 15 is 0 Å². The zero-order valence-corrected chi connectivity index (χ0v) is 8.96. The third kappa shape index (κ3) is 10.4. The lowest BCUT2D eigenvalue weighted by Crippen LogP contribution is -1.73. The summed E-state index contributed by atoms with van der Waals surface area (Å²) < 4.78 is 0. The molecule has 0 nitrogen and oxygen atoms in total. The molecule has 0 fully saturated rings. The van der Waals surface area contributed by atoms with Crippen molar-refractivity contribution in [2.45, 2.75) is 39.0 Å². The number of allylic oxidation sites excluding steroid dienone is 1. The molecule has 0 rings (SSSR count). The maximum atomic E-state index is 4.04. The highest BCUT2D eigenvalue weighted by Gasteiger charge is 1.83. The summed E-state index contributed by atoms with van der Waals surface area (Å²) in [5, 5.41) is 0. The van der Waals surface area contributed by atoms with Gasteiger partial charge in [-0.15, -0.1) is 11.7 Å². The molecule has 0 N–H and O–H groups in total. The predicted octanol–water partition coefficient (Wildman–Crippen LogP) is 4.09. The van der Waals surface area contributed by atoms with E-state index in [2.05, 4.69) is 30.7 Å². The first-order valence-corrected chi connectivity index (χ1v) is 6.37. The maximum Gasteiger partial charge on any atom is 0.0215 e. The van der Waals surface area contributed by atoms with E-state index in [1.54, 1.807) is 10.8 Å². The second-order valence-electron chi connectivity index (χ2n) is 2.62. The van der Waals surface area contributed by atoms with Gasteiger partial charge in [-0.05, 0) is 12.8 Å². The maximum absolute atomic E-state index is 4.04. The molecule has 0 spiro atoms. The Hall–Kier alpha value is 0.440. The van der Waals surface area contributed by atoms with Crippen molar-refractivity contribution < 1.29 is 0 Å². The van der Waals surface area contributed by atoms with Crippen molar-refractivity contribution in [2.24, 2.45) is 0 Å². The first kappa shape index (κ1) is 11.4. The van der Waals surface area contributed by atoms with E-state index in [1.165, 1.54) is 32.1 Å². The minimum absolute atomic E-state index is 1.04. The van der Waals surface area contributed by atoms with Gasteiger partial charge in [0.15, 0.2) is 0 Å². The van der Waals surface area contributed by atoms with Gasteiger partial charge in [0.2, 0.25) is 0 Å². The van der Waals surface area contributed by atoms with Crippen LogP contribution < -0.4 is 0 Å². The first-order chi connectivity index (χ1) is 5.41.